The number of aromatic nitrogens is 1. The summed E-state index contributed by atoms with van der Waals surface area (Å²) in [6, 6.07) is 7.95. The zero-order valence-corrected chi connectivity index (χ0v) is 44.0. The van der Waals surface area contributed by atoms with Gasteiger partial charge in [0.2, 0.25) is 5.91 Å². The molecule has 1 aromatic carbocycles. The van der Waals surface area contributed by atoms with Crippen LogP contribution in [0.2, 0.25) is 0 Å². The van der Waals surface area contributed by atoms with Gasteiger partial charge in [-0.05, 0) is 112 Å². The number of carbonyl (C=O) groups is 2. The minimum Gasteiger partial charge on any atom is -0.459 e. The molecule has 1 amide bonds. The van der Waals surface area contributed by atoms with E-state index in [9.17, 15) is 39.5 Å². The summed E-state index contributed by atoms with van der Waals surface area (Å²) in [5.74, 6) is -1.59. The highest BCUT2D eigenvalue weighted by Gasteiger charge is 2.47. The van der Waals surface area contributed by atoms with E-state index >= 15 is 0 Å². The van der Waals surface area contributed by atoms with Gasteiger partial charge in [0, 0.05) is 63.2 Å². The highest BCUT2D eigenvalue weighted by Crippen LogP contribution is 2.37. The van der Waals surface area contributed by atoms with E-state index in [4.69, 9.17) is 28.2 Å². The summed E-state index contributed by atoms with van der Waals surface area (Å²) >= 11 is 0. The zero-order valence-electron chi connectivity index (χ0n) is 44.0. The van der Waals surface area contributed by atoms with Crippen LogP contribution in [0.1, 0.15) is 120 Å². The van der Waals surface area contributed by atoms with Crippen LogP contribution in [0, 0.1) is 17.8 Å². The molecule has 0 radical (unpaired) electrons. The van der Waals surface area contributed by atoms with E-state index in [2.05, 4.69) is 17.4 Å². The number of esters is 1. The van der Waals surface area contributed by atoms with Crippen molar-refractivity contribution in [3.05, 3.63) is 42.2 Å². The summed E-state index contributed by atoms with van der Waals surface area (Å²) in [5.41, 5.74) is -0.566. The standard InChI is InChI=1S/C30H57NO8.C22H30FN3O5/c1-12-23-30(9,35)26(32)22(6)31(10)17-18(2)13-28(7,34)14-19(3)25(21(5)27(33)38-23)39-24-16-29(8,36-11)15-20(4)37-24;1-14-11-19(21(28)22(29)31-14)26(2)9-7-20(27)24-17(13-23)12-15-3-5-16(6-4-15)18-8-10-30-25-18/h18-26,32,34-35H,12-17H2,1-11H3;3-6,8,10,14,17,19,21-22,28-29H,7,9,11-13H2,1-2H3,(H,24,27)/t18-,19-,20+,21-,22-,23-,24+,25+,26-,28-,29+,30-;14-,17+,19?,21?,22-/m11/s1. The maximum Gasteiger partial charge on any atom is 0.311 e. The number of methoxy groups -OCH3 is 1. The lowest BCUT2D eigenvalue weighted by Crippen LogP contribution is -2.59. The highest BCUT2D eigenvalue weighted by molar-refractivity contribution is 5.76. The van der Waals surface area contributed by atoms with Crippen LogP contribution in [0.3, 0.4) is 0 Å². The van der Waals surface area contributed by atoms with E-state index in [1.165, 1.54) is 13.2 Å². The number of amides is 1. The van der Waals surface area contributed by atoms with Crippen molar-refractivity contribution in [2.24, 2.45) is 17.8 Å². The third kappa shape index (κ3) is 16.7. The van der Waals surface area contributed by atoms with Crippen molar-refractivity contribution in [2.45, 2.75) is 205 Å². The number of rotatable bonds is 13. The Labute approximate surface area is 415 Å². The van der Waals surface area contributed by atoms with E-state index in [-0.39, 0.29) is 42.4 Å². The zero-order chi connectivity index (χ0) is 52.3. The van der Waals surface area contributed by atoms with Gasteiger partial charge in [0.25, 0.3) is 0 Å². The first-order valence-electron chi connectivity index (χ1n) is 25.2. The van der Waals surface area contributed by atoms with E-state index in [1.807, 2.05) is 89.6 Å². The van der Waals surface area contributed by atoms with Crippen LogP contribution in [0.25, 0.3) is 11.3 Å². The number of aliphatic hydroxyl groups excluding tert-OH is 3. The molecule has 0 aliphatic carbocycles. The molecule has 3 aliphatic heterocycles. The minimum absolute atomic E-state index is 0.0856. The summed E-state index contributed by atoms with van der Waals surface area (Å²) in [6.07, 6.45) is -0.729. The number of likely N-dealkylation sites (N-methyl/N-ethyl adjacent to an activating group) is 2. The molecule has 17 atom stereocenters. The second kappa shape index (κ2) is 26.2. The van der Waals surface area contributed by atoms with Gasteiger partial charge >= 0.3 is 5.97 Å². The summed E-state index contributed by atoms with van der Waals surface area (Å²) in [6.45, 7) is 19.0. The molecule has 5 rings (SSSR count). The first-order chi connectivity index (χ1) is 32.7. The summed E-state index contributed by atoms with van der Waals surface area (Å²) < 4.78 is 47.9. The number of halogens is 1. The molecule has 18 heteroatoms. The first-order valence-corrected chi connectivity index (χ1v) is 25.2. The second-order valence-corrected chi connectivity index (χ2v) is 21.6. The third-order valence-corrected chi connectivity index (χ3v) is 14.7. The summed E-state index contributed by atoms with van der Waals surface area (Å²) in [5, 5.41) is 60.6. The van der Waals surface area contributed by atoms with Crippen LogP contribution in [-0.4, -0.2) is 177 Å². The van der Waals surface area contributed by atoms with Crippen LogP contribution < -0.4 is 5.32 Å². The van der Waals surface area contributed by atoms with Gasteiger partial charge in [-0.1, -0.05) is 50.2 Å². The maximum absolute atomic E-state index is 13.6. The highest BCUT2D eigenvalue weighted by atomic mass is 19.1. The van der Waals surface area contributed by atoms with Crippen molar-refractivity contribution in [2.75, 3.05) is 41.0 Å². The van der Waals surface area contributed by atoms with Crippen molar-refractivity contribution in [3.8, 4) is 11.3 Å². The molecular weight excluding hydrogens is 908 g/mol. The molecule has 17 nitrogen and oxygen atoms in total. The Bertz CT molecular complexity index is 1880. The van der Waals surface area contributed by atoms with Crippen molar-refractivity contribution in [1.29, 1.82) is 0 Å². The Kier molecular flexibility index (Phi) is 22.2. The number of carbonyl (C=O) groups excluding carboxylic acids is 2. The van der Waals surface area contributed by atoms with Crippen LogP contribution in [0.5, 0.6) is 0 Å². The SMILES string of the molecule is CC[C@H]1OC(=O)[C@H](C)[C@@H](O[C@H]2C[C@@](C)(OC)C[C@H](C)O2)[C@H](C)C[C@](C)(O)C[C@@H](C)CN(C)[C@H](C)[C@@H](O)[C@]1(C)O.C[C@@H]1CC(N(C)CCC(=O)N[C@H](CF)Cc2ccc(-c3ccon3)cc2)C(O)[C@H](O)O1. The molecule has 6 N–H and O–H groups in total. The Hall–Kier alpha value is -3.14. The average Bonchev–Trinajstić information content (AvgIpc) is 3.84. The number of hydrogen-bond donors (Lipinski definition) is 6. The molecule has 4 heterocycles. The second-order valence-electron chi connectivity index (χ2n) is 21.6. The quantitative estimate of drug-likeness (QED) is 0.145. The van der Waals surface area contributed by atoms with E-state index in [0.717, 1.165) is 23.2 Å². The molecule has 3 saturated heterocycles. The number of cyclic esters (lactones) is 1. The number of aliphatic hydroxyl groups is 5. The van der Waals surface area contributed by atoms with Gasteiger partial charge in [-0.2, -0.15) is 0 Å². The van der Waals surface area contributed by atoms with Crippen LogP contribution in [0.15, 0.2) is 41.1 Å². The van der Waals surface area contributed by atoms with E-state index in [0.29, 0.717) is 51.6 Å². The molecule has 0 bridgehead atoms. The first kappa shape index (κ1) is 59.4. The normalized spacial score (nSPS) is 37.8. The average molecular weight is 995 g/mol. The molecule has 0 saturated carbocycles. The lowest BCUT2D eigenvalue weighted by molar-refractivity contribution is -0.265. The number of benzene rings is 1. The van der Waals surface area contributed by atoms with Crippen molar-refractivity contribution in [1.82, 2.24) is 20.3 Å². The number of ether oxygens (including phenoxy) is 5. The lowest BCUT2D eigenvalue weighted by Gasteiger charge is -2.43. The Morgan fingerprint density at radius 3 is 2.26 bits per heavy atom. The summed E-state index contributed by atoms with van der Waals surface area (Å²) in [4.78, 5) is 29.8. The fourth-order valence-electron chi connectivity index (χ4n) is 10.7. The van der Waals surface area contributed by atoms with Crippen molar-refractivity contribution >= 4 is 11.9 Å². The predicted octanol–water partition coefficient (Wildman–Crippen LogP) is 5.03. The van der Waals surface area contributed by atoms with E-state index < -0.39 is 84.4 Å². The van der Waals surface area contributed by atoms with Gasteiger partial charge in [0.05, 0.1) is 41.5 Å². The number of nitrogens with zero attached hydrogens (tertiary/aromatic N) is 3. The molecule has 3 fully saturated rings. The summed E-state index contributed by atoms with van der Waals surface area (Å²) in [7, 11) is 5.37. The van der Waals surface area contributed by atoms with Crippen LogP contribution in [-0.2, 0) is 39.7 Å². The molecular formula is C52H87FN4O13. The van der Waals surface area contributed by atoms with Crippen LogP contribution >= 0.6 is 0 Å². The van der Waals surface area contributed by atoms with Gasteiger partial charge in [-0.25, -0.2) is 4.39 Å². The third-order valence-electron chi connectivity index (χ3n) is 14.7. The lowest BCUT2D eigenvalue weighted by atomic mass is 9.80. The van der Waals surface area contributed by atoms with Gasteiger partial charge in [0.15, 0.2) is 12.6 Å². The van der Waals surface area contributed by atoms with Gasteiger partial charge in [-0.3, -0.25) is 9.59 Å². The molecule has 70 heavy (non-hydrogen) atoms. The monoisotopic (exact) mass is 995 g/mol. The van der Waals surface area contributed by atoms with Crippen LogP contribution in [0.4, 0.5) is 4.39 Å². The Morgan fingerprint density at radius 1 is 0.986 bits per heavy atom. The fraction of sp³-hybridized carbons (Fsp3) is 0.788. The maximum atomic E-state index is 13.6. The molecule has 2 aromatic rings. The molecule has 2 unspecified atom stereocenters. The number of nitrogens with one attached hydrogen (secondary N) is 1. The van der Waals surface area contributed by atoms with Crippen molar-refractivity contribution in [3.63, 3.8) is 0 Å². The smallest absolute Gasteiger partial charge is 0.311 e. The predicted molar refractivity (Wildman–Crippen MR) is 262 cm³/mol. The number of hydrogen-bond acceptors (Lipinski definition) is 16. The van der Waals surface area contributed by atoms with Gasteiger partial charge in [0.1, 0.15) is 42.5 Å². The van der Waals surface area contributed by atoms with Crippen molar-refractivity contribution < 1.29 is 67.7 Å². The molecule has 400 valence electrons. The van der Waals surface area contributed by atoms with Gasteiger partial charge in [-0.15, -0.1) is 0 Å². The molecule has 1 aromatic heterocycles. The minimum atomic E-state index is -1.67. The van der Waals surface area contributed by atoms with E-state index in [1.54, 1.807) is 27.1 Å². The Balaban J connectivity index is 0.000000312. The largest absolute Gasteiger partial charge is 0.459 e. The number of alkyl halides is 1. The fourth-order valence-corrected chi connectivity index (χ4v) is 10.7. The molecule has 0 spiro atoms. The Morgan fingerprint density at radius 2 is 1.66 bits per heavy atom. The molecule has 3 aliphatic rings. The topological polar surface area (TPSA) is 226 Å². The van der Waals surface area contributed by atoms with Gasteiger partial charge < -0.3 is 68.9 Å².